The van der Waals surface area contributed by atoms with Crippen LogP contribution in [-0.4, -0.2) is 17.0 Å². The molecule has 7 heteroatoms. The Bertz CT molecular complexity index is 798. The normalized spacial score (nSPS) is 10.4. The molecule has 2 N–H and O–H groups in total. The number of rotatable bonds is 6. The van der Waals surface area contributed by atoms with Gasteiger partial charge in [0.15, 0.2) is 0 Å². The van der Waals surface area contributed by atoms with Crippen LogP contribution in [0, 0.1) is 6.92 Å². The van der Waals surface area contributed by atoms with Crippen LogP contribution in [0.3, 0.4) is 0 Å². The van der Waals surface area contributed by atoms with E-state index in [0.29, 0.717) is 26.9 Å². The first-order chi connectivity index (χ1) is 11.7. The molecule has 2 aromatic carbocycles. The van der Waals surface area contributed by atoms with Gasteiger partial charge in [0.1, 0.15) is 12.4 Å². The summed E-state index contributed by atoms with van der Waals surface area (Å²) in [5, 5.41) is 11.7. The van der Waals surface area contributed by atoms with Crippen molar-refractivity contribution in [3.05, 3.63) is 56.0 Å². The average molecular weight is 471 g/mol. The van der Waals surface area contributed by atoms with Crippen LogP contribution < -0.4 is 10.1 Å². The number of aryl methyl sites for hydroxylation is 1. The van der Waals surface area contributed by atoms with Crippen molar-refractivity contribution in [2.75, 3.05) is 5.32 Å². The Morgan fingerprint density at radius 1 is 1.08 bits per heavy atom. The van der Waals surface area contributed by atoms with Crippen molar-refractivity contribution < 1.29 is 19.4 Å². The molecule has 0 fully saturated rings. The number of anilines is 1. The predicted octanol–water partition coefficient (Wildman–Crippen LogP) is 4.68. The fourth-order valence-electron chi connectivity index (χ4n) is 2.40. The number of carbonyl (C=O) groups is 2. The fraction of sp³-hybridized carbons (Fsp3) is 0.222. The van der Waals surface area contributed by atoms with E-state index in [2.05, 4.69) is 37.2 Å². The van der Waals surface area contributed by atoms with E-state index < -0.39 is 5.97 Å². The summed E-state index contributed by atoms with van der Waals surface area (Å²) >= 11 is 6.84. The van der Waals surface area contributed by atoms with Crippen molar-refractivity contribution in [1.29, 1.82) is 0 Å². The summed E-state index contributed by atoms with van der Waals surface area (Å²) in [5.74, 6) is -0.425. The van der Waals surface area contributed by atoms with Crippen LogP contribution in [-0.2, 0) is 22.6 Å². The molecule has 1 amide bonds. The number of carbonyl (C=O) groups excluding carboxylic acids is 1. The number of carboxylic acid groups (broad SMARTS) is 1. The number of halogens is 2. The maximum atomic E-state index is 11.2. The van der Waals surface area contributed by atoms with E-state index in [1.54, 1.807) is 12.1 Å². The summed E-state index contributed by atoms with van der Waals surface area (Å²) in [7, 11) is 0. The molecule has 0 aliphatic carbocycles. The van der Waals surface area contributed by atoms with E-state index in [4.69, 9.17) is 9.84 Å². The first-order valence-corrected chi connectivity index (χ1v) is 9.04. The van der Waals surface area contributed by atoms with Crippen LogP contribution in [0.25, 0.3) is 0 Å². The van der Waals surface area contributed by atoms with Crippen molar-refractivity contribution in [3.63, 3.8) is 0 Å². The van der Waals surface area contributed by atoms with Gasteiger partial charge in [0.05, 0.1) is 15.4 Å². The summed E-state index contributed by atoms with van der Waals surface area (Å²) < 4.78 is 7.22. The second-order valence-electron chi connectivity index (χ2n) is 5.64. The van der Waals surface area contributed by atoms with Crippen LogP contribution in [0.5, 0.6) is 5.75 Å². The first kappa shape index (κ1) is 19.5. The molecule has 0 heterocycles. The Morgan fingerprint density at radius 3 is 2.28 bits per heavy atom. The Labute approximate surface area is 162 Å². The third-order valence-electron chi connectivity index (χ3n) is 3.25. The molecule has 0 saturated carbocycles. The first-order valence-electron chi connectivity index (χ1n) is 7.45. The maximum Gasteiger partial charge on any atom is 0.307 e. The van der Waals surface area contributed by atoms with E-state index in [1.165, 1.54) is 6.92 Å². The number of aliphatic carboxylic acids is 1. The molecule has 2 rings (SSSR count). The van der Waals surface area contributed by atoms with Crippen molar-refractivity contribution in [2.45, 2.75) is 26.9 Å². The molecule has 0 radical (unpaired) electrons. The second kappa shape index (κ2) is 8.49. The van der Waals surface area contributed by atoms with Gasteiger partial charge in [-0.15, -0.1) is 0 Å². The molecule has 0 aliphatic heterocycles. The lowest BCUT2D eigenvalue weighted by molar-refractivity contribution is -0.136. The Hall–Kier alpha value is -1.86. The number of hydrogen-bond acceptors (Lipinski definition) is 3. The van der Waals surface area contributed by atoms with E-state index >= 15 is 0 Å². The van der Waals surface area contributed by atoms with Gasteiger partial charge in [0, 0.05) is 12.6 Å². The van der Waals surface area contributed by atoms with Gasteiger partial charge >= 0.3 is 5.97 Å². The Morgan fingerprint density at radius 2 is 1.72 bits per heavy atom. The fourth-order valence-corrected chi connectivity index (χ4v) is 3.91. The molecule has 0 unspecified atom stereocenters. The molecule has 132 valence electrons. The van der Waals surface area contributed by atoms with Gasteiger partial charge in [0.25, 0.3) is 0 Å². The number of benzene rings is 2. The minimum Gasteiger partial charge on any atom is -0.487 e. The van der Waals surface area contributed by atoms with E-state index in [1.807, 2.05) is 25.1 Å². The zero-order valence-corrected chi connectivity index (χ0v) is 16.9. The molecular formula is C18H17Br2NO4. The largest absolute Gasteiger partial charge is 0.487 e. The Balaban J connectivity index is 2.17. The molecular weight excluding hydrogens is 454 g/mol. The molecule has 0 bridgehead atoms. The van der Waals surface area contributed by atoms with Gasteiger partial charge < -0.3 is 15.2 Å². The highest BCUT2D eigenvalue weighted by Gasteiger charge is 2.12. The minimum atomic E-state index is -0.891. The summed E-state index contributed by atoms with van der Waals surface area (Å²) in [6, 6.07) is 9.18. The van der Waals surface area contributed by atoms with E-state index in [-0.39, 0.29) is 12.3 Å². The minimum absolute atomic E-state index is 0.0601. The van der Waals surface area contributed by atoms with Crippen molar-refractivity contribution in [1.82, 2.24) is 0 Å². The highest BCUT2D eigenvalue weighted by molar-refractivity contribution is 9.11. The summed E-state index contributed by atoms with van der Waals surface area (Å²) in [6.45, 7) is 3.72. The monoisotopic (exact) mass is 469 g/mol. The van der Waals surface area contributed by atoms with Crippen molar-refractivity contribution >= 4 is 49.4 Å². The summed E-state index contributed by atoms with van der Waals surface area (Å²) in [6.07, 6.45) is -0.0601. The van der Waals surface area contributed by atoms with Gasteiger partial charge in [-0.25, -0.2) is 0 Å². The predicted molar refractivity (Wildman–Crippen MR) is 103 cm³/mol. The molecule has 0 saturated heterocycles. The highest BCUT2D eigenvalue weighted by Crippen LogP contribution is 2.35. The SMILES string of the molecule is CC(=O)Nc1cc(C)cc(COc2c(Br)cc(CC(=O)O)cc2Br)c1. The number of hydrogen-bond donors (Lipinski definition) is 2. The zero-order chi connectivity index (χ0) is 18.6. The number of amides is 1. The average Bonchev–Trinajstić information content (AvgIpc) is 2.44. The molecule has 0 atom stereocenters. The highest BCUT2D eigenvalue weighted by atomic mass is 79.9. The van der Waals surface area contributed by atoms with Gasteiger partial charge in [-0.1, -0.05) is 6.07 Å². The molecule has 2 aromatic rings. The number of ether oxygens (including phenoxy) is 1. The summed E-state index contributed by atoms with van der Waals surface area (Å²) in [5.41, 5.74) is 3.32. The molecule has 5 nitrogen and oxygen atoms in total. The van der Waals surface area contributed by atoms with Crippen LogP contribution in [0.2, 0.25) is 0 Å². The maximum absolute atomic E-state index is 11.2. The van der Waals surface area contributed by atoms with Gasteiger partial charge in [-0.2, -0.15) is 0 Å². The van der Waals surface area contributed by atoms with Crippen LogP contribution in [0.4, 0.5) is 5.69 Å². The van der Waals surface area contributed by atoms with Crippen molar-refractivity contribution in [3.8, 4) is 5.75 Å². The number of carboxylic acids is 1. The molecule has 0 aromatic heterocycles. The zero-order valence-electron chi connectivity index (χ0n) is 13.7. The standard InChI is InChI=1S/C18H17Br2NO4/c1-10-3-13(5-14(4-10)21-11(2)22)9-25-18-15(19)6-12(7-16(18)20)8-17(23)24/h3-7H,8-9H2,1-2H3,(H,21,22)(H,23,24). The van der Waals surface area contributed by atoms with E-state index in [0.717, 1.165) is 16.8 Å². The third kappa shape index (κ3) is 5.86. The van der Waals surface area contributed by atoms with Crippen LogP contribution >= 0.6 is 31.9 Å². The smallest absolute Gasteiger partial charge is 0.307 e. The lowest BCUT2D eigenvalue weighted by atomic mass is 10.1. The lowest BCUT2D eigenvalue weighted by Gasteiger charge is -2.13. The second-order valence-corrected chi connectivity index (χ2v) is 7.34. The Kier molecular flexibility index (Phi) is 6.61. The lowest BCUT2D eigenvalue weighted by Crippen LogP contribution is -2.07. The van der Waals surface area contributed by atoms with Gasteiger partial charge in [0.2, 0.25) is 5.91 Å². The van der Waals surface area contributed by atoms with Crippen LogP contribution in [0.15, 0.2) is 39.3 Å². The molecule has 25 heavy (non-hydrogen) atoms. The van der Waals surface area contributed by atoms with E-state index in [9.17, 15) is 9.59 Å². The third-order valence-corrected chi connectivity index (χ3v) is 4.43. The quantitative estimate of drug-likeness (QED) is 0.642. The molecule has 0 spiro atoms. The summed E-state index contributed by atoms with van der Waals surface area (Å²) in [4.78, 5) is 22.1. The number of nitrogens with one attached hydrogen (secondary N) is 1. The topological polar surface area (TPSA) is 75.6 Å². The van der Waals surface area contributed by atoms with Crippen LogP contribution in [0.1, 0.15) is 23.6 Å². The van der Waals surface area contributed by atoms with Crippen molar-refractivity contribution in [2.24, 2.45) is 0 Å². The van der Waals surface area contributed by atoms with Gasteiger partial charge in [-0.05, 0) is 79.7 Å². The van der Waals surface area contributed by atoms with Gasteiger partial charge in [-0.3, -0.25) is 9.59 Å². The molecule has 0 aliphatic rings.